The van der Waals surface area contributed by atoms with Crippen molar-refractivity contribution < 1.29 is 22.8 Å². The second-order valence-corrected chi connectivity index (χ2v) is 7.47. The molecule has 0 bridgehead atoms. The molecular formula is C20H24F3N3O2. The Morgan fingerprint density at radius 3 is 2.39 bits per heavy atom. The van der Waals surface area contributed by atoms with Crippen LogP contribution in [0.25, 0.3) is 5.57 Å². The number of likely N-dealkylation sites (N-methyl/N-ethyl adjacent to an activating group) is 2. The second kappa shape index (κ2) is 7.85. The molecular weight excluding hydrogens is 371 g/mol. The maximum atomic E-state index is 12.7. The molecule has 0 spiro atoms. The number of benzene rings is 1. The fourth-order valence-electron chi connectivity index (χ4n) is 3.84. The summed E-state index contributed by atoms with van der Waals surface area (Å²) in [6, 6.07) is 5.09. The van der Waals surface area contributed by atoms with Gasteiger partial charge in [0.2, 0.25) is 0 Å². The zero-order valence-electron chi connectivity index (χ0n) is 16.0. The number of nitrogens with one attached hydrogen (secondary N) is 1. The van der Waals surface area contributed by atoms with E-state index in [4.69, 9.17) is 0 Å². The molecule has 5 nitrogen and oxygen atoms in total. The van der Waals surface area contributed by atoms with Crippen LogP contribution >= 0.6 is 0 Å². The number of halogens is 3. The molecule has 0 atom stereocenters. The normalized spacial score (nSPS) is 18.9. The fraction of sp³-hybridized carbons (Fsp3) is 0.500. The molecule has 1 aromatic rings. The van der Waals surface area contributed by atoms with Crippen molar-refractivity contribution in [3.05, 3.63) is 35.4 Å². The zero-order valence-corrected chi connectivity index (χ0v) is 16.0. The van der Waals surface area contributed by atoms with Crippen molar-refractivity contribution in [3.8, 4) is 0 Å². The minimum absolute atomic E-state index is 0.0445. The largest absolute Gasteiger partial charge is 0.471 e. The molecule has 8 heteroatoms. The minimum Gasteiger partial charge on any atom is -0.327 e. The Hall–Kier alpha value is -2.51. The Kier molecular flexibility index (Phi) is 5.67. The van der Waals surface area contributed by atoms with Gasteiger partial charge in [0.05, 0.1) is 0 Å². The molecule has 2 aliphatic rings. The van der Waals surface area contributed by atoms with Crippen LogP contribution in [0.5, 0.6) is 0 Å². The summed E-state index contributed by atoms with van der Waals surface area (Å²) < 4.78 is 38.2. The van der Waals surface area contributed by atoms with Gasteiger partial charge in [-0.3, -0.25) is 4.79 Å². The number of hydrogen-bond acceptors (Lipinski definition) is 2. The zero-order chi connectivity index (χ0) is 20.5. The molecule has 152 valence electrons. The number of hydrogen-bond donors (Lipinski definition) is 1. The van der Waals surface area contributed by atoms with E-state index in [1.165, 1.54) is 0 Å². The Labute approximate surface area is 162 Å². The first-order chi connectivity index (χ1) is 13.2. The molecule has 0 radical (unpaired) electrons. The van der Waals surface area contributed by atoms with Gasteiger partial charge >= 0.3 is 18.1 Å². The number of anilines is 1. The molecule has 1 N–H and O–H groups in total. The van der Waals surface area contributed by atoms with Crippen molar-refractivity contribution in [2.75, 3.05) is 32.5 Å². The summed E-state index contributed by atoms with van der Waals surface area (Å²) in [5.74, 6) is -1.93. The van der Waals surface area contributed by atoms with Crippen molar-refractivity contribution in [3.63, 3.8) is 0 Å². The lowest BCUT2D eigenvalue weighted by atomic mass is 9.88. The van der Waals surface area contributed by atoms with Crippen LogP contribution in [0.4, 0.5) is 23.7 Å². The number of carbonyl (C=O) groups excluding carboxylic acids is 2. The van der Waals surface area contributed by atoms with E-state index in [1.807, 2.05) is 17.5 Å². The lowest BCUT2D eigenvalue weighted by Gasteiger charge is -2.36. The van der Waals surface area contributed by atoms with E-state index in [0.717, 1.165) is 36.8 Å². The van der Waals surface area contributed by atoms with Crippen LogP contribution < -0.4 is 5.32 Å². The third-order valence-electron chi connectivity index (χ3n) is 5.30. The predicted molar refractivity (Wildman–Crippen MR) is 101 cm³/mol. The molecule has 28 heavy (non-hydrogen) atoms. The number of carbonyl (C=O) groups is 2. The molecule has 3 rings (SSSR count). The van der Waals surface area contributed by atoms with E-state index < -0.39 is 12.1 Å². The van der Waals surface area contributed by atoms with E-state index in [2.05, 4.69) is 0 Å². The summed E-state index contributed by atoms with van der Waals surface area (Å²) in [4.78, 5) is 26.7. The molecule has 1 heterocycles. The van der Waals surface area contributed by atoms with Crippen LogP contribution in [0.1, 0.15) is 42.7 Å². The van der Waals surface area contributed by atoms with Crippen LogP contribution in [-0.2, 0) is 4.79 Å². The Morgan fingerprint density at radius 2 is 1.82 bits per heavy atom. The van der Waals surface area contributed by atoms with Gasteiger partial charge < -0.3 is 15.1 Å². The molecule has 0 unspecified atom stereocenters. The van der Waals surface area contributed by atoms with Crippen LogP contribution in [0.2, 0.25) is 0 Å². The summed E-state index contributed by atoms with van der Waals surface area (Å²) in [6.45, 7) is 1.08. The summed E-state index contributed by atoms with van der Waals surface area (Å²) in [6.07, 6.45) is 0.747. The monoisotopic (exact) mass is 395 g/mol. The predicted octanol–water partition coefficient (Wildman–Crippen LogP) is 4.23. The topological polar surface area (TPSA) is 52.7 Å². The first-order valence-electron chi connectivity index (χ1n) is 9.34. The molecule has 1 saturated heterocycles. The lowest BCUT2D eigenvalue weighted by Crippen LogP contribution is -2.48. The SMILES string of the molecule is CN1CC(c2ccc(NC(=O)C(F)(F)F)c(C3=CCCCC3)c2)CN(C)C1=O. The highest BCUT2D eigenvalue weighted by Gasteiger charge is 2.39. The first-order valence-corrected chi connectivity index (χ1v) is 9.34. The van der Waals surface area contributed by atoms with E-state index in [0.29, 0.717) is 18.7 Å². The second-order valence-electron chi connectivity index (χ2n) is 7.47. The van der Waals surface area contributed by atoms with E-state index >= 15 is 0 Å². The third-order valence-corrected chi connectivity index (χ3v) is 5.30. The maximum Gasteiger partial charge on any atom is 0.471 e. The Bertz CT molecular complexity index is 790. The molecule has 0 aromatic heterocycles. The highest BCUT2D eigenvalue weighted by Crippen LogP contribution is 2.35. The molecule has 1 aliphatic heterocycles. The Morgan fingerprint density at radius 1 is 1.14 bits per heavy atom. The fourth-order valence-corrected chi connectivity index (χ4v) is 3.84. The van der Waals surface area contributed by atoms with Gasteiger partial charge in [-0.2, -0.15) is 13.2 Å². The number of amides is 3. The van der Waals surface area contributed by atoms with E-state index in [1.54, 1.807) is 36.0 Å². The molecule has 3 amide bonds. The van der Waals surface area contributed by atoms with Gasteiger partial charge in [0, 0.05) is 44.4 Å². The molecule has 0 saturated carbocycles. The lowest BCUT2D eigenvalue weighted by molar-refractivity contribution is -0.167. The standard InChI is InChI=1S/C20H24F3N3O2/c1-25-11-15(12-26(2)19(25)28)14-8-9-17(24-18(27)20(21,22)23)16(10-14)13-6-4-3-5-7-13/h6,8-10,15H,3-5,7,11-12H2,1-2H3,(H,24,27). The quantitative estimate of drug-likeness (QED) is 0.833. The highest BCUT2D eigenvalue weighted by molar-refractivity contribution is 5.97. The van der Waals surface area contributed by atoms with Gasteiger partial charge in [-0.1, -0.05) is 12.1 Å². The average molecular weight is 395 g/mol. The van der Waals surface area contributed by atoms with Crippen LogP contribution in [0.15, 0.2) is 24.3 Å². The molecule has 1 fully saturated rings. The number of urea groups is 1. The summed E-state index contributed by atoms with van der Waals surface area (Å²) in [5, 5.41) is 2.02. The van der Waals surface area contributed by atoms with Crippen molar-refractivity contribution in [1.29, 1.82) is 0 Å². The summed E-state index contributed by atoms with van der Waals surface area (Å²) in [5.41, 5.74) is 2.71. The van der Waals surface area contributed by atoms with Crippen LogP contribution in [0.3, 0.4) is 0 Å². The van der Waals surface area contributed by atoms with Gasteiger partial charge in [0.25, 0.3) is 0 Å². The van der Waals surface area contributed by atoms with E-state index in [-0.39, 0.29) is 17.6 Å². The van der Waals surface area contributed by atoms with Crippen LogP contribution in [-0.4, -0.2) is 55.1 Å². The smallest absolute Gasteiger partial charge is 0.327 e. The third kappa shape index (κ3) is 4.31. The first kappa shape index (κ1) is 20.2. The molecule has 1 aromatic carbocycles. The van der Waals surface area contributed by atoms with E-state index in [9.17, 15) is 22.8 Å². The maximum absolute atomic E-state index is 12.7. The van der Waals surface area contributed by atoms with Gasteiger partial charge in [0.15, 0.2) is 0 Å². The van der Waals surface area contributed by atoms with Crippen molar-refractivity contribution in [2.24, 2.45) is 0 Å². The van der Waals surface area contributed by atoms with Gasteiger partial charge in [-0.05, 0) is 49.0 Å². The number of alkyl halides is 3. The van der Waals surface area contributed by atoms with Gasteiger partial charge in [-0.25, -0.2) is 4.79 Å². The summed E-state index contributed by atoms with van der Waals surface area (Å²) >= 11 is 0. The number of allylic oxidation sites excluding steroid dienone is 2. The summed E-state index contributed by atoms with van der Waals surface area (Å²) in [7, 11) is 3.46. The van der Waals surface area contributed by atoms with Gasteiger partial charge in [-0.15, -0.1) is 0 Å². The van der Waals surface area contributed by atoms with Crippen LogP contribution in [0, 0.1) is 0 Å². The number of rotatable bonds is 3. The van der Waals surface area contributed by atoms with Crippen molar-refractivity contribution in [2.45, 2.75) is 37.8 Å². The molecule has 1 aliphatic carbocycles. The highest BCUT2D eigenvalue weighted by atomic mass is 19.4. The van der Waals surface area contributed by atoms with Gasteiger partial charge in [0.1, 0.15) is 0 Å². The van der Waals surface area contributed by atoms with Crippen molar-refractivity contribution >= 4 is 23.2 Å². The minimum atomic E-state index is -4.94. The Balaban J connectivity index is 1.95. The van der Waals surface area contributed by atoms with Crippen molar-refractivity contribution in [1.82, 2.24) is 9.80 Å². The average Bonchev–Trinajstić information content (AvgIpc) is 2.66. The number of nitrogens with zero attached hydrogens (tertiary/aromatic N) is 2.